The van der Waals surface area contributed by atoms with Gasteiger partial charge >= 0.3 is 0 Å². The molecular weight excluding hydrogens is 195 g/mol. The van der Waals surface area contributed by atoms with Crippen LogP contribution in [0.4, 0.5) is 10.1 Å². The zero-order chi connectivity index (χ0) is 10.8. The number of hydrogen-bond donors (Lipinski definition) is 0. The molecule has 1 fully saturated rings. The van der Waals surface area contributed by atoms with E-state index in [1.54, 1.807) is 17.0 Å². The predicted molar refractivity (Wildman–Crippen MR) is 52.7 cm³/mol. The van der Waals surface area contributed by atoms with Crippen LogP contribution >= 0.6 is 0 Å². The molecule has 1 atom stereocenters. The van der Waals surface area contributed by atoms with Crippen LogP contribution in [0.3, 0.4) is 0 Å². The molecule has 0 bridgehead atoms. The third-order valence-corrected chi connectivity index (χ3v) is 2.49. The van der Waals surface area contributed by atoms with Crippen LogP contribution in [-0.4, -0.2) is 18.9 Å². The Morgan fingerprint density at radius 3 is 2.60 bits per heavy atom. The maximum absolute atomic E-state index is 12.7. The lowest BCUT2D eigenvalue weighted by atomic mass is 10.1. The molecule has 0 saturated carbocycles. The summed E-state index contributed by atoms with van der Waals surface area (Å²) < 4.78 is 12.7. The second-order valence-corrected chi connectivity index (χ2v) is 3.50. The second kappa shape index (κ2) is 3.70. The first-order chi connectivity index (χ1) is 7.20. The second-order valence-electron chi connectivity index (χ2n) is 3.50. The summed E-state index contributed by atoms with van der Waals surface area (Å²) >= 11 is 0. The van der Waals surface area contributed by atoms with Crippen LogP contribution < -0.4 is 4.90 Å². The Kier molecular flexibility index (Phi) is 2.38. The van der Waals surface area contributed by atoms with E-state index in [1.165, 1.54) is 12.1 Å². The van der Waals surface area contributed by atoms with E-state index in [9.17, 15) is 9.18 Å². The number of Topliss-reactive ketones (excluding diaryl/α,β-unsaturated/α-hetero) is 1. The molecule has 3 nitrogen and oxygen atoms in total. The van der Waals surface area contributed by atoms with Crippen LogP contribution in [0.5, 0.6) is 0 Å². The summed E-state index contributed by atoms with van der Waals surface area (Å²) in [6.07, 6.45) is 0. The molecule has 0 aromatic heterocycles. The zero-order valence-electron chi connectivity index (χ0n) is 7.98. The fourth-order valence-electron chi connectivity index (χ4n) is 1.65. The van der Waals surface area contributed by atoms with Gasteiger partial charge in [0.25, 0.3) is 0 Å². The quantitative estimate of drug-likeness (QED) is 0.693. The number of hydrogen-bond acceptors (Lipinski definition) is 3. The third kappa shape index (κ3) is 1.82. The highest BCUT2D eigenvalue weighted by atomic mass is 19.1. The fourth-order valence-corrected chi connectivity index (χ4v) is 1.65. The Hall–Kier alpha value is -1.89. The van der Waals surface area contributed by atoms with Crippen molar-refractivity contribution in [3.63, 3.8) is 0 Å². The molecule has 0 radical (unpaired) electrons. The standard InChI is InChI=1S/C11H9FN2O/c12-9-1-3-10(4-2-9)14-6-8(5-13)11(15)7-14/h1-4,8H,6-7H2/t8-/m0/s1. The van der Waals surface area contributed by atoms with E-state index in [2.05, 4.69) is 0 Å². The van der Waals surface area contributed by atoms with Crippen molar-refractivity contribution >= 4 is 11.5 Å². The molecular formula is C11H9FN2O. The van der Waals surface area contributed by atoms with Crippen LogP contribution in [0.2, 0.25) is 0 Å². The van der Waals surface area contributed by atoms with Gasteiger partial charge in [-0.2, -0.15) is 5.26 Å². The molecule has 1 aliphatic rings. The average molecular weight is 204 g/mol. The zero-order valence-corrected chi connectivity index (χ0v) is 7.98. The van der Waals surface area contributed by atoms with Crippen molar-refractivity contribution in [2.75, 3.05) is 18.0 Å². The minimum Gasteiger partial charge on any atom is -0.362 e. The molecule has 1 aromatic rings. The van der Waals surface area contributed by atoms with E-state index in [-0.39, 0.29) is 18.1 Å². The number of nitriles is 1. The first-order valence-corrected chi connectivity index (χ1v) is 4.63. The molecule has 15 heavy (non-hydrogen) atoms. The molecule has 1 heterocycles. The van der Waals surface area contributed by atoms with Gasteiger partial charge in [-0.25, -0.2) is 4.39 Å². The van der Waals surface area contributed by atoms with Crippen LogP contribution in [-0.2, 0) is 4.79 Å². The van der Waals surface area contributed by atoms with E-state index in [4.69, 9.17) is 5.26 Å². The van der Waals surface area contributed by atoms with Gasteiger partial charge in [-0.1, -0.05) is 0 Å². The van der Waals surface area contributed by atoms with Crippen LogP contribution in [0, 0.1) is 23.1 Å². The van der Waals surface area contributed by atoms with Gasteiger partial charge in [0.05, 0.1) is 12.6 Å². The molecule has 0 spiro atoms. The highest BCUT2D eigenvalue weighted by Crippen LogP contribution is 2.21. The van der Waals surface area contributed by atoms with Crippen LogP contribution in [0.25, 0.3) is 0 Å². The number of benzene rings is 1. The van der Waals surface area contributed by atoms with E-state index >= 15 is 0 Å². The van der Waals surface area contributed by atoms with Crippen molar-refractivity contribution in [2.24, 2.45) is 5.92 Å². The molecule has 2 rings (SSSR count). The van der Waals surface area contributed by atoms with Crippen molar-refractivity contribution in [1.29, 1.82) is 5.26 Å². The predicted octanol–water partition coefficient (Wildman–Crippen LogP) is 1.35. The van der Waals surface area contributed by atoms with Gasteiger partial charge in [-0.05, 0) is 24.3 Å². The van der Waals surface area contributed by atoms with Crippen LogP contribution in [0.1, 0.15) is 0 Å². The van der Waals surface area contributed by atoms with Gasteiger partial charge in [0.15, 0.2) is 5.78 Å². The summed E-state index contributed by atoms with van der Waals surface area (Å²) in [6, 6.07) is 7.88. The molecule has 0 N–H and O–H groups in total. The first-order valence-electron chi connectivity index (χ1n) is 4.63. The molecule has 0 amide bonds. The van der Waals surface area contributed by atoms with E-state index in [0.29, 0.717) is 6.54 Å². The molecule has 76 valence electrons. The monoisotopic (exact) mass is 204 g/mol. The van der Waals surface area contributed by atoms with Crippen LogP contribution in [0.15, 0.2) is 24.3 Å². The Balaban J connectivity index is 2.18. The maximum atomic E-state index is 12.7. The molecule has 1 saturated heterocycles. The van der Waals surface area contributed by atoms with E-state index in [1.807, 2.05) is 6.07 Å². The van der Waals surface area contributed by atoms with Gasteiger partial charge < -0.3 is 4.90 Å². The number of halogens is 1. The minimum atomic E-state index is -0.546. The Labute approximate surface area is 86.7 Å². The summed E-state index contributed by atoms with van der Waals surface area (Å²) in [5, 5.41) is 8.69. The van der Waals surface area contributed by atoms with Crippen molar-refractivity contribution < 1.29 is 9.18 Å². The molecule has 4 heteroatoms. The largest absolute Gasteiger partial charge is 0.362 e. The molecule has 1 aromatic carbocycles. The van der Waals surface area contributed by atoms with E-state index in [0.717, 1.165) is 5.69 Å². The Morgan fingerprint density at radius 2 is 2.07 bits per heavy atom. The van der Waals surface area contributed by atoms with Crippen molar-refractivity contribution in [1.82, 2.24) is 0 Å². The normalized spacial score (nSPS) is 20.4. The van der Waals surface area contributed by atoms with E-state index < -0.39 is 5.92 Å². The number of rotatable bonds is 1. The minimum absolute atomic E-state index is 0.0678. The summed E-state index contributed by atoms with van der Waals surface area (Å²) in [5.41, 5.74) is 0.780. The Bertz CT molecular complexity index is 421. The highest BCUT2D eigenvalue weighted by molar-refractivity contribution is 5.91. The highest BCUT2D eigenvalue weighted by Gasteiger charge is 2.30. The van der Waals surface area contributed by atoms with Gasteiger partial charge in [0.2, 0.25) is 0 Å². The smallest absolute Gasteiger partial charge is 0.170 e. The SMILES string of the molecule is N#C[C@H]1CN(c2ccc(F)cc2)CC1=O. The van der Waals surface area contributed by atoms with Crippen molar-refractivity contribution in [3.05, 3.63) is 30.1 Å². The summed E-state index contributed by atoms with van der Waals surface area (Å²) in [5.74, 6) is -0.919. The van der Waals surface area contributed by atoms with Gasteiger partial charge in [0, 0.05) is 12.2 Å². The number of nitrogens with zero attached hydrogens (tertiary/aromatic N) is 2. The van der Waals surface area contributed by atoms with Crippen molar-refractivity contribution in [3.8, 4) is 6.07 Å². The summed E-state index contributed by atoms with van der Waals surface area (Å²) in [4.78, 5) is 13.1. The maximum Gasteiger partial charge on any atom is 0.170 e. The number of ketones is 1. The summed E-state index contributed by atoms with van der Waals surface area (Å²) in [6.45, 7) is 0.644. The molecule has 0 aliphatic carbocycles. The lowest BCUT2D eigenvalue weighted by molar-refractivity contribution is -0.118. The Morgan fingerprint density at radius 1 is 1.40 bits per heavy atom. The van der Waals surface area contributed by atoms with Crippen molar-refractivity contribution in [2.45, 2.75) is 0 Å². The average Bonchev–Trinajstić information content (AvgIpc) is 2.61. The molecule has 0 unspecified atom stereocenters. The van der Waals surface area contributed by atoms with Gasteiger partial charge in [-0.3, -0.25) is 4.79 Å². The van der Waals surface area contributed by atoms with Gasteiger partial charge in [0.1, 0.15) is 11.7 Å². The number of carbonyl (C=O) groups is 1. The lowest BCUT2D eigenvalue weighted by Crippen LogP contribution is -2.19. The molecule has 1 aliphatic heterocycles. The third-order valence-electron chi connectivity index (χ3n) is 2.49. The van der Waals surface area contributed by atoms with Gasteiger partial charge in [-0.15, -0.1) is 0 Å². The fraction of sp³-hybridized carbons (Fsp3) is 0.273. The topological polar surface area (TPSA) is 44.1 Å². The summed E-state index contributed by atoms with van der Waals surface area (Å²) in [7, 11) is 0. The number of carbonyl (C=O) groups excluding carboxylic acids is 1. The lowest BCUT2D eigenvalue weighted by Gasteiger charge is -2.16. The number of anilines is 1. The first kappa shape index (κ1) is 9.66.